The van der Waals surface area contributed by atoms with Gasteiger partial charge >= 0.3 is 0 Å². The molecular formula is C14H18N4O2S. The average Bonchev–Trinajstić information content (AvgIpc) is 2.86. The summed E-state index contributed by atoms with van der Waals surface area (Å²) in [6.07, 6.45) is 3.69. The number of rotatable bonds is 6. The van der Waals surface area contributed by atoms with Gasteiger partial charge in [-0.3, -0.25) is 0 Å². The summed E-state index contributed by atoms with van der Waals surface area (Å²) in [6, 6.07) is 5.68. The molecule has 1 aromatic heterocycles. The number of benzene rings is 1. The van der Waals surface area contributed by atoms with Crippen molar-refractivity contribution in [3.8, 4) is 11.5 Å². The van der Waals surface area contributed by atoms with Crippen LogP contribution in [0, 0.1) is 6.92 Å². The van der Waals surface area contributed by atoms with Crippen LogP contribution in [0.5, 0.6) is 11.5 Å². The van der Waals surface area contributed by atoms with Crippen molar-refractivity contribution in [1.29, 1.82) is 0 Å². The molecular weight excluding hydrogens is 288 g/mol. The van der Waals surface area contributed by atoms with E-state index in [2.05, 4.69) is 15.3 Å². The first-order valence-corrected chi connectivity index (χ1v) is 7.73. The molecule has 0 aliphatic rings. The van der Waals surface area contributed by atoms with Crippen molar-refractivity contribution in [2.45, 2.75) is 19.0 Å². The Balaban J connectivity index is 2.28. The van der Waals surface area contributed by atoms with Crippen LogP contribution in [0.25, 0.3) is 0 Å². The lowest BCUT2D eigenvalue weighted by atomic mass is 10.2. The Morgan fingerprint density at radius 1 is 1.33 bits per heavy atom. The van der Waals surface area contributed by atoms with Gasteiger partial charge in [0, 0.05) is 0 Å². The van der Waals surface area contributed by atoms with E-state index in [0.717, 1.165) is 16.5 Å². The third-order valence-electron chi connectivity index (χ3n) is 2.76. The second kappa shape index (κ2) is 7.12. The van der Waals surface area contributed by atoms with Gasteiger partial charge in [0.15, 0.2) is 17.3 Å². The van der Waals surface area contributed by atoms with Gasteiger partial charge in [-0.1, -0.05) is 11.8 Å². The number of nitrogens with zero attached hydrogens (tertiary/aromatic N) is 4. The topological polar surface area (TPSA) is 61.5 Å². The minimum Gasteiger partial charge on any atom is -0.493 e. The summed E-state index contributed by atoms with van der Waals surface area (Å²) in [6.45, 7) is 4.38. The largest absolute Gasteiger partial charge is 0.493 e. The molecule has 0 atom stereocenters. The van der Waals surface area contributed by atoms with E-state index in [1.54, 1.807) is 18.0 Å². The Hall–Kier alpha value is -2.02. The minimum atomic E-state index is 0.581. The summed E-state index contributed by atoms with van der Waals surface area (Å²) in [5.41, 5.74) is 0.916. The molecule has 0 saturated heterocycles. The highest BCUT2D eigenvalue weighted by Crippen LogP contribution is 2.27. The number of methoxy groups -OCH3 is 1. The SMILES string of the molecule is CCOc1cc(/C=N\n2c(C)nnc2SC)ccc1OC. The standard InChI is InChI=1S/C14H18N4O2S/c1-5-20-13-8-11(6-7-12(13)19-3)9-15-18-10(2)16-17-14(18)21-4/h6-9H,5H2,1-4H3/b15-9-. The van der Waals surface area contributed by atoms with E-state index in [9.17, 15) is 0 Å². The van der Waals surface area contributed by atoms with E-state index in [0.29, 0.717) is 18.1 Å². The summed E-state index contributed by atoms with van der Waals surface area (Å²) >= 11 is 1.50. The number of aryl methyl sites for hydroxylation is 1. The number of thioether (sulfide) groups is 1. The van der Waals surface area contributed by atoms with E-state index in [4.69, 9.17) is 9.47 Å². The van der Waals surface area contributed by atoms with E-state index in [-0.39, 0.29) is 0 Å². The molecule has 0 unspecified atom stereocenters. The van der Waals surface area contributed by atoms with Gasteiger partial charge in [-0.25, -0.2) is 0 Å². The zero-order chi connectivity index (χ0) is 15.2. The molecule has 1 aromatic carbocycles. The quantitative estimate of drug-likeness (QED) is 0.606. The van der Waals surface area contributed by atoms with Gasteiger partial charge in [-0.05, 0) is 43.9 Å². The maximum absolute atomic E-state index is 5.55. The Labute approximate surface area is 128 Å². The second-order valence-electron chi connectivity index (χ2n) is 4.13. The molecule has 2 aromatic rings. The van der Waals surface area contributed by atoms with Gasteiger partial charge in [0.1, 0.15) is 0 Å². The first-order chi connectivity index (χ1) is 10.2. The lowest BCUT2D eigenvalue weighted by molar-refractivity contribution is 0.311. The van der Waals surface area contributed by atoms with Crippen molar-refractivity contribution in [2.75, 3.05) is 20.0 Å². The molecule has 0 aliphatic heterocycles. The maximum Gasteiger partial charge on any atom is 0.211 e. The molecule has 0 aliphatic carbocycles. The van der Waals surface area contributed by atoms with E-state index < -0.39 is 0 Å². The second-order valence-corrected chi connectivity index (χ2v) is 4.91. The molecule has 0 radical (unpaired) electrons. The van der Waals surface area contributed by atoms with Gasteiger partial charge in [0.25, 0.3) is 0 Å². The third-order valence-corrected chi connectivity index (χ3v) is 3.38. The van der Waals surface area contributed by atoms with Crippen LogP contribution < -0.4 is 9.47 Å². The highest BCUT2D eigenvalue weighted by atomic mass is 32.2. The molecule has 0 saturated carbocycles. The molecule has 0 N–H and O–H groups in total. The first-order valence-electron chi connectivity index (χ1n) is 6.50. The molecule has 2 rings (SSSR count). The van der Waals surface area contributed by atoms with Crippen LogP contribution in [0.2, 0.25) is 0 Å². The van der Waals surface area contributed by atoms with Crippen LogP contribution in [0.1, 0.15) is 18.3 Å². The smallest absolute Gasteiger partial charge is 0.211 e. The van der Waals surface area contributed by atoms with Gasteiger partial charge < -0.3 is 9.47 Å². The van der Waals surface area contributed by atoms with Gasteiger partial charge in [0.2, 0.25) is 5.16 Å². The summed E-state index contributed by atoms with van der Waals surface area (Å²) < 4.78 is 12.5. The van der Waals surface area contributed by atoms with E-state index in [1.807, 2.05) is 38.3 Å². The van der Waals surface area contributed by atoms with Crippen LogP contribution in [0.3, 0.4) is 0 Å². The van der Waals surface area contributed by atoms with Crippen molar-refractivity contribution in [3.63, 3.8) is 0 Å². The fourth-order valence-electron chi connectivity index (χ4n) is 1.76. The summed E-state index contributed by atoms with van der Waals surface area (Å²) in [5.74, 6) is 2.16. The fourth-order valence-corrected chi connectivity index (χ4v) is 2.24. The van der Waals surface area contributed by atoms with Crippen molar-refractivity contribution < 1.29 is 9.47 Å². The normalized spacial score (nSPS) is 11.0. The average molecular weight is 306 g/mol. The van der Waals surface area contributed by atoms with Gasteiger partial charge in [0.05, 0.1) is 19.9 Å². The molecule has 6 nitrogen and oxygen atoms in total. The molecule has 0 amide bonds. The van der Waals surface area contributed by atoms with Crippen molar-refractivity contribution in [2.24, 2.45) is 5.10 Å². The predicted octanol–water partition coefficient (Wildman–Crippen LogP) is 2.60. The molecule has 1 heterocycles. The number of hydrogen-bond acceptors (Lipinski definition) is 6. The van der Waals surface area contributed by atoms with Crippen molar-refractivity contribution in [3.05, 3.63) is 29.6 Å². The highest BCUT2D eigenvalue weighted by Gasteiger charge is 2.07. The monoisotopic (exact) mass is 306 g/mol. The van der Waals surface area contributed by atoms with Crippen molar-refractivity contribution >= 4 is 18.0 Å². The summed E-state index contributed by atoms with van der Waals surface area (Å²) in [5, 5.41) is 13.2. The molecule has 21 heavy (non-hydrogen) atoms. The zero-order valence-electron chi connectivity index (χ0n) is 12.5. The Kier molecular flexibility index (Phi) is 5.21. The first kappa shape index (κ1) is 15.4. The fraction of sp³-hybridized carbons (Fsp3) is 0.357. The zero-order valence-corrected chi connectivity index (χ0v) is 13.3. The Morgan fingerprint density at radius 2 is 2.14 bits per heavy atom. The van der Waals surface area contributed by atoms with Crippen LogP contribution in [0.4, 0.5) is 0 Å². The Bertz CT molecular complexity index is 640. The molecule has 7 heteroatoms. The van der Waals surface area contributed by atoms with E-state index in [1.165, 1.54) is 11.8 Å². The van der Waals surface area contributed by atoms with Crippen LogP contribution in [0.15, 0.2) is 28.5 Å². The lowest BCUT2D eigenvalue weighted by Gasteiger charge is -2.09. The number of hydrogen-bond donors (Lipinski definition) is 0. The predicted molar refractivity (Wildman–Crippen MR) is 83.7 cm³/mol. The molecule has 0 spiro atoms. The Morgan fingerprint density at radius 3 is 2.81 bits per heavy atom. The van der Waals surface area contributed by atoms with Crippen LogP contribution in [-0.2, 0) is 0 Å². The third kappa shape index (κ3) is 3.55. The number of aromatic nitrogens is 3. The maximum atomic E-state index is 5.55. The number of ether oxygens (including phenoxy) is 2. The minimum absolute atomic E-state index is 0.581. The van der Waals surface area contributed by atoms with Crippen LogP contribution in [-0.4, -0.2) is 41.1 Å². The van der Waals surface area contributed by atoms with E-state index >= 15 is 0 Å². The molecule has 112 valence electrons. The van der Waals surface area contributed by atoms with Gasteiger partial charge in [-0.15, -0.1) is 10.2 Å². The van der Waals surface area contributed by atoms with Gasteiger partial charge in [-0.2, -0.15) is 9.78 Å². The van der Waals surface area contributed by atoms with Crippen LogP contribution >= 0.6 is 11.8 Å². The van der Waals surface area contributed by atoms with Crippen molar-refractivity contribution in [1.82, 2.24) is 14.9 Å². The lowest BCUT2D eigenvalue weighted by Crippen LogP contribution is -1.98. The summed E-state index contributed by atoms with van der Waals surface area (Å²) in [7, 11) is 1.62. The summed E-state index contributed by atoms with van der Waals surface area (Å²) in [4.78, 5) is 0. The highest BCUT2D eigenvalue weighted by molar-refractivity contribution is 7.98. The molecule has 0 bridgehead atoms. The molecule has 0 fully saturated rings.